The molecule has 1 aliphatic rings. The van der Waals surface area contributed by atoms with Crippen molar-refractivity contribution in [3.05, 3.63) is 78.4 Å². The minimum atomic E-state index is -5.08. The van der Waals surface area contributed by atoms with E-state index >= 15 is 0 Å². The Morgan fingerprint density at radius 1 is 0.761 bits per heavy atom. The van der Waals surface area contributed by atoms with Crippen LogP contribution in [0.2, 0.25) is 0 Å². The van der Waals surface area contributed by atoms with Crippen molar-refractivity contribution in [2.24, 2.45) is 5.92 Å². The highest BCUT2D eigenvalue weighted by Gasteiger charge is 2.64. The fraction of sp³-hybridized carbons (Fsp3) is 0.500. The summed E-state index contributed by atoms with van der Waals surface area (Å²) in [7, 11) is 1.70. The molecule has 2 atom stereocenters. The fourth-order valence-corrected chi connectivity index (χ4v) is 5.01. The Balaban J connectivity index is 1.58. The summed E-state index contributed by atoms with van der Waals surface area (Å²) in [6.07, 6.45) is 6.18. The van der Waals surface area contributed by atoms with Crippen LogP contribution in [0.3, 0.4) is 0 Å². The summed E-state index contributed by atoms with van der Waals surface area (Å²) in [6.45, 7) is 4.53. The number of hydrogen-bond acceptors (Lipinski definition) is 7. The number of halogens is 3. The van der Waals surface area contributed by atoms with E-state index in [-0.39, 0.29) is 12.2 Å². The number of benzene rings is 2. The first-order chi connectivity index (χ1) is 22.2. The SMILES string of the molecule is CCOCCCCCCOC(=O)C1C=CC=CC1(OC(=O)c1ccc(-c2ccc(OCCCCCCOC)cc2)cc1)C(F)(F)F. The van der Waals surface area contributed by atoms with Gasteiger partial charge in [0.05, 0.1) is 18.8 Å². The number of methoxy groups -OCH3 is 1. The van der Waals surface area contributed by atoms with Gasteiger partial charge in [-0.1, -0.05) is 55.3 Å². The standard InChI is InChI=1S/C36H45F3O7/c1-3-43-25-11-5-7-13-27-45-34(41)32-14-8-9-23-35(32,36(37,38)39)46-33(40)30-17-15-28(16-18-30)29-19-21-31(22-20-29)44-26-12-6-4-10-24-42-2/h8-9,14-23,32H,3-7,10-13,24-27H2,1-2H3. The molecule has 0 aromatic heterocycles. The minimum Gasteiger partial charge on any atom is -0.494 e. The van der Waals surface area contributed by atoms with Crippen molar-refractivity contribution in [3.8, 4) is 16.9 Å². The molecule has 1 aliphatic carbocycles. The van der Waals surface area contributed by atoms with Gasteiger partial charge in [0.1, 0.15) is 11.7 Å². The highest BCUT2D eigenvalue weighted by molar-refractivity contribution is 5.91. The third kappa shape index (κ3) is 11.0. The molecule has 0 amide bonds. The number of rotatable bonds is 20. The number of carbonyl (C=O) groups is 2. The molecular formula is C36H45F3O7. The molecule has 0 aliphatic heterocycles. The zero-order chi connectivity index (χ0) is 33.3. The first-order valence-corrected chi connectivity index (χ1v) is 15.9. The van der Waals surface area contributed by atoms with E-state index in [4.69, 9.17) is 23.7 Å². The van der Waals surface area contributed by atoms with Crippen molar-refractivity contribution in [3.63, 3.8) is 0 Å². The summed E-state index contributed by atoms with van der Waals surface area (Å²) >= 11 is 0. The van der Waals surface area contributed by atoms with Gasteiger partial charge in [0, 0.05) is 26.9 Å². The van der Waals surface area contributed by atoms with Crippen LogP contribution in [0.25, 0.3) is 11.1 Å². The predicted molar refractivity (Wildman–Crippen MR) is 170 cm³/mol. The molecule has 252 valence electrons. The first kappa shape index (κ1) is 36.8. The Morgan fingerprint density at radius 2 is 1.35 bits per heavy atom. The van der Waals surface area contributed by atoms with Gasteiger partial charge in [-0.25, -0.2) is 4.79 Å². The fourth-order valence-electron chi connectivity index (χ4n) is 5.01. The Morgan fingerprint density at radius 3 is 1.96 bits per heavy atom. The van der Waals surface area contributed by atoms with Crippen molar-refractivity contribution in [2.75, 3.05) is 40.1 Å². The van der Waals surface area contributed by atoms with E-state index in [9.17, 15) is 22.8 Å². The highest BCUT2D eigenvalue weighted by atomic mass is 19.4. The zero-order valence-corrected chi connectivity index (χ0v) is 26.7. The van der Waals surface area contributed by atoms with Gasteiger partial charge in [-0.05, 0) is 86.9 Å². The molecule has 10 heteroatoms. The van der Waals surface area contributed by atoms with Crippen LogP contribution in [0, 0.1) is 5.92 Å². The molecular weight excluding hydrogens is 601 g/mol. The van der Waals surface area contributed by atoms with Crippen LogP contribution in [0.1, 0.15) is 68.6 Å². The molecule has 0 heterocycles. The number of hydrogen-bond donors (Lipinski definition) is 0. The lowest BCUT2D eigenvalue weighted by Crippen LogP contribution is -2.56. The second-order valence-electron chi connectivity index (χ2n) is 11.0. The van der Waals surface area contributed by atoms with Gasteiger partial charge in [-0.3, -0.25) is 4.79 Å². The largest absolute Gasteiger partial charge is 0.494 e. The molecule has 0 spiro atoms. The molecule has 0 bridgehead atoms. The molecule has 0 saturated carbocycles. The van der Waals surface area contributed by atoms with Crippen LogP contribution < -0.4 is 4.74 Å². The van der Waals surface area contributed by atoms with Crippen molar-refractivity contribution in [2.45, 2.75) is 70.1 Å². The lowest BCUT2D eigenvalue weighted by Gasteiger charge is -2.37. The van der Waals surface area contributed by atoms with Crippen LogP contribution in [0.15, 0.2) is 72.8 Å². The van der Waals surface area contributed by atoms with E-state index in [1.807, 2.05) is 31.2 Å². The number of allylic oxidation sites excluding steroid dienone is 2. The molecule has 2 aromatic carbocycles. The summed E-state index contributed by atoms with van der Waals surface area (Å²) in [5.74, 6) is -3.46. The Hall–Kier alpha value is -3.63. The molecule has 46 heavy (non-hydrogen) atoms. The minimum absolute atomic E-state index is 0.0344. The number of unbranched alkanes of at least 4 members (excludes halogenated alkanes) is 6. The van der Waals surface area contributed by atoms with Crippen LogP contribution in [-0.2, 0) is 23.7 Å². The maximum Gasteiger partial charge on any atom is 0.433 e. The van der Waals surface area contributed by atoms with E-state index < -0.39 is 29.6 Å². The van der Waals surface area contributed by atoms with Gasteiger partial charge in [-0.2, -0.15) is 13.2 Å². The van der Waals surface area contributed by atoms with E-state index in [1.165, 1.54) is 18.2 Å². The summed E-state index contributed by atoms with van der Waals surface area (Å²) < 4.78 is 70.1. The monoisotopic (exact) mass is 646 g/mol. The van der Waals surface area contributed by atoms with Crippen molar-refractivity contribution >= 4 is 11.9 Å². The number of esters is 2. The van der Waals surface area contributed by atoms with Gasteiger partial charge in [0.2, 0.25) is 5.60 Å². The van der Waals surface area contributed by atoms with Crippen molar-refractivity contribution < 1.29 is 46.4 Å². The zero-order valence-electron chi connectivity index (χ0n) is 26.7. The van der Waals surface area contributed by atoms with Gasteiger partial charge in [-0.15, -0.1) is 0 Å². The molecule has 2 aromatic rings. The van der Waals surface area contributed by atoms with Crippen LogP contribution >= 0.6 is 0 Å². The number of carbonyl (C=O) groups excluding carboxylic acids is 2. The van der Waals surface area contributed by atoms with Gasteiger partial charge in [0.15, 0.2) is 0 Å². The smallest absolute Gasteiger partial charge is 0.433 e. The van der Waals surface area contributed by atoms with Crippen LogP contribution in [0.5, 0.6) is 5.75 Å². The van der Waals surface area contributed by atoms with E-state index in [2.05, 4.69) is 0 Å². The van der Waals surface area contributed by atoms with Crippen molar-refractivity contribution in [1.29, 1.82) is 0 Å². The maximum absolute atomic E-state index is 14.6. The average molecular weight is 647 g/mol. The van der Waals surface area contributed by atoms with E-state index in [1.54, 1.807) is 19.2 Å². The van der Waals surface area contributed by atoms with Gasteiger partial charge in [0.25, 0.3) is 0 Å². The summed E-state index contributed by atoms with van der Waals surface area (Å²) in [4.78, 5) is 25.9. The topological polar surface area (TPSA) is 80.3 Å². The van der Waals surface area contributed by atoms with Crippen LogP contribution in [0.4, 0.5) is 13.2 Å². The maximum atomic E-state index is 14.6. The first-order valence-electron chi connectivity index (χ1n) is 15.9. The van der Waals surface area contributed by atoms with Crippen molar-refractivity contribution in [1.82, 2.24) is 0 Å². The molecule has 2 unspecified atom stereocenters. The molecule has 0 fully saturated rings. The molecule has 0 N–H and O–H groups in total. The van der Waals surface area contributed by atoms with Crippen LogP contribution in [-0.4, -0.2) is 63.9 Å². The Kier molecular flexibility index (Phi) is 15.3. The van der Waals surface area contributed by atoms with Gasteiger partial charge < -0.3 is 23.7 Å². The highest BCUT2D eigenvalue weighted by Crippen LogP contribution is 2.44. The summed E-state index contributed by atoms with van der Waals surface area (Å²) in [5.41, 5.74) is -1.69. The average Bonchev–Trinajstić information content (AvgIpc) is 3.05. The molecule has 7 nitrogen and oxygen atoms in total. The van der Waals surface area contributed by atoms with Gasteiger partial charge >= 0.3 is 18.1 Å². The molecule has 0 radical (unpaired) electrons. The Labute approximate surface area is 269 Å². The van der Waals surface area contributed by atoms with E-state index in [0.717, 1.165) is 80.6 Å². The predicted octanol–water partition coefficient (Wildman–Crippen LogP) is 8.28. The third-order valence-electron chi connectivity index (χ3n) is 7.63. The Bertz CT molecular complexity index is 1260. The second-order valence-corrected chi connectivity index (χ2v) is 11.0. The molecule has 0 saturated heterocycles. The quantitative estimate of drug-likeness (QED) is 0.106. The summed E-state index contributed by atoms with van der Waals surface area (Å²) in [5, 5.41) is 0. The lowest BCUT2D eigenvalue weighted by atomic mass is 9.82. The van der Waals surface area contributed by atoms with E-state index in [0.29, 0.717) is 32.3 Å². The second kappa shape index (κ2) is 19.1. The normalized spacial score (nSPS) is 17.5. The lowest BCUT2D eigenvalue weighted by molar-refractivity contribution is -0.254. The molecule has 3 rings (SSSR count). The number of ether oxygens (including phenoxy) is 5. The third-order valence-corrected chi connectivity index (χ3v) is 7.63. The summed E-state index contributed by atoms with van der Waals surface area (Å²) in [6, 6.07) is 13.5. The number of alkyl halides is 3.